The normalized spacial score (nSPS) is 12.5. The highest BCUT2D eigenvalue weighted by molar-refractivity contribution is 6.02. The number of benzene rings is 12. The van der Waals surface area contributed by atoms with Gasteiger partial charge < -0.3 is 4.90 Å². The zero-order chi connectivity index (χ0) is 45.0. The van der Waals surface area contributed by atoms with E-state index in [1.54, 1.807) is 0 Å². The highest BCUT2D eigenvalue weighted by atomic mass is 15.1. The van der Waals surface area contributed by atoms with E-state index in [1.165, 1.54) is 82.4 Å². The smallest absolute Gasteiger partial charge is 0.0714 e. The lowest BCUT2D eigenvalue weighted by Gasteiger charge is -2.34. The van der Waals surface area contributed by atoms with Gasteiger partial charge in [-0.1, -0.05) is 231 Å². The first kappa shape index (κ1) is 39.6. The summed E-state index contributed by atoms with van der Waals surface area (Å²) in [4.78, 5) is 2.54. The van der Waals surface area contributed by atoms with Crippen LogP contribution in [0.2, 0.25) is 0 Å². The molecule has 0 aliphatic heterocycles. The molecule has 0 radical (unpaired) electrons. The van der Waals surface area contributed by atoms with Gasteiger partial charge in [-0.05, 0) is 130 Å². The molecule has 1 aliphatic carbocycles. The number of nitrogens with zero attached hydrogens (tertiary/aromatic N) is 1. The summed E-state index contributed by atoms with van der Waals surface area (Å²) in [6.07, 6.45) is 0. The lowest BCUT2D eigenvalue weighted by Crippen LogP contribution is -2.28. The molecule has 12 aromatic rings. The maximum atomic E-state index is 2.54. The first-order valence-electron chi connectivity index (χ1n) is 23.6. The Morgan fingerprint density at radius 3 is 1.29 bits per heavy atom. The van der Waals surface area contributed by atoms with Crippen LogP contribution in [0.15, 0.2) is 273 Å². The lowest BCUT2D eigenvalue weighted by molar-refractivity contribution is 0.768. The van der Waals surface area contributed by atoms with Gasteiger partial charge in [0.25, 0.3) is 0 Å². The fraction of sp³-hybridized carbons (Fsp3) is 0.0149. The van der Waals surface area contributed by atoms with E-state index in [0.29, 0.717) is 0 Å². The van der Waals surface area contributed by atoms with Crippen LogP contribution in [0.1, 0.15) is 22.3 Å². The minimum Gasteiger partial charge on any atom is -0.309 e. The third-order valence-electron chi connectivity index (χ3n) is 14.3. The van der Waals surface area contributed by atoms with Crippen LogP contribution in [0.5, 0.6) is 0 Å². The third-order valence-corrected chi connectivity index (χ3v) is 14.3. The lowest BCUT2D eigenvalue weighted by atomic mass is 9.68. The molecule has 0 amide bonds. The van der Waals surface area contributed by atoms with Crippen LogP contribution in [-0.2, 0) is 5.41 Å². The van der Waals surface area contributed by atoms with E-state index < -0.39 is 5.41 Å². The molecule has 0 spiro atoms. The van der Waals surface area contributed by atoms with Crippen molar-refractivity contribution in [3.63, 3.8) is 0 Å². The van der Waals surface area contributed by atoms with Crippen molar-refractivity contribution in [1.82, 2.24) is 0 Å². The molecule has 0 bridgehead atoms. The number of fused-ring (bicyclic) bond motifs is 6. The van der Waals surface area contributed by atoms with E-state index in [1.807, 2.05) is 0 Å². The van der Waals surface area contributed by atoms with Crippen molar-refractivity contribution in [3.8, 4) is 44.5 Å². The number of hydrogen-bond donors (Lipinski definition) is 0. The molecular formula is C67H45N. The Labute approximate surface area is 397 Å². The van der Waals surface area contributed by atoms with Crippen LogP contribution in [0.25, 0.3) is 76.8 Å². The highest BCUT2D eigenvalue weighted by Crippen LogP contribution is 2.60. The summed E-state index contributed by atoms with van der Waals surface area (Å²) in [5.74, 6) is 0. The number of rotatable bonds is 8. The summed E-state index contributed by atoms with van der Waals surface area (Å²) in [5, 5.41) is 7.37. The second-order valence-electron chi connectivity index (χ2n) is 18.0. The molecular weight excluding hydrogens is 819 g/mol. The molecule has 318 valence electrons. The van der Waals surface area contributed by atoms with Gasteiger partial charge in [-0.25, -0.2) is 0 Å². The van der Waals surface area contributed by atoms with E-state index >= 15 is 0 Å². The van der Waals surface area contributed by atoms with E-state index in [0.717, 1.165) is 33.8 Å². The van der Waals surface area contributed by atoms with Crippen molar-refractivity contribution < 1.29 is 0 Å². The van der Waals surface area contributed by atoms with Gasteiger partial charge in [-0.3, -0.25) is 0 Å². The largest absolute Gasteiger partial charge is 0.309 e. The Bertz CT molecular complexity index is 3810. The van der Waals surface area contributed by atoms with Crippen LogP contribution in [0.3, 0.4) is 0 Å². The monoisotopic (exact) mass is 863 g/mol. The molecule has 0 unspecified atom stereocenters. The maximum Gasteiger partial charge on any atom is 0.0714 e. The molecule has 0 saturated heterocycles. The molecule has 0 N–H and O–H groups in total. The molecule has 0 aromatic heterocycles. The predicted octanol–water partition coefficient (Wildman–Crippen LogP) is 18.0. The van der Waals surface area contributed by atoms with Crippen molar-refractivity contribution in [2.24, 2.45) is 0 Å². The quantitative estimate of drug-likeness (QED) is 0.147. The standard InChI is InChI=1S/C67H45N/c1-3-22-57(23-4-1)67(58-24-5-2-6-25-58)62-27-14-13-26-61(62)66-63(67)28-15-29-64(66)68(59-39-36-49(37-40-59)53-33-30-46-16-7-10-19-50(46)42-53)65-45-55(54-34-31-47-17-8-11-20-51(47)43-54)38-41-60(65)56-35-32-48-18-9-12-21-52(48)44-56/h1-45H. The fourth-order valence-electron chi connectivity index (χ4n) is 11.1. The molecule has 0 fully saturated rings. The molecule has 1 heteroatoms. The highest BCUT2D eigenvalue weighted by Gasteiger charge is 2.47. The first-order chi connectivity index (χ1) is 33.7. The van der Waals surface area contributed by atoms with Crippen molar-refractivity contribution in [2.45, 2.75) is 5.41 Å². The molecule has 0 heterocycles. The van der Waals surface area contributed by atoms with Gasteiger partial charge in [0.1, 0.15) is 0 Å². The second kappa shape index (κ2) is 16.3. The van der Waals surface area contributed by atoms with Gasteiger partial charge in [-0.15, -0.1) is 0 Å². The zero-order valence-electron chi connectivity index (χ0n) is 37.4. The summed E-state index contributed by atoms with van der Waals surface area (Å²) < 4.78 is 0. The number of anilines is 3. The molecule has 0 saturated carbocycles. The summed E-state index contributed by atoms with van der Waals surface area (Å²) >= 11 is 0. The van der Waals surface area contributed by atoms with Gasteiger partial charge in [0.05, 0.1) is 16.8 Å². The summed E-state index contributed by atoms with van der Waals surface area (Å²) in [7, 11) is 0. The minimum absolute atomic E-state index is 0.551. The fourth-order valence-corrected chi connectivity index (χ4v) is 11.1. The van der Waals surface area contributed by atoms with Gasteiger partial charge in [-0.2, -0.15) is 0 Å². The topological polar surface area (TPSA) is 3.24 Å². The zero-order valence-corrected chi connectivity index (χ0v) is 37.4. The molecule has 68 heavy (non-hydrogen) atoms. The van der Waals surface area contributed by atoms with Crippen molar-refractivity contribution in [2.75, 3.05) is 4.90 Å². The maximum absolute atomic E-state index is 2.54. The third kappa shape index (κ3) is 6.47. The predicted molar refractivity (Wildman–Crippen MR) is 287 cm³/mol. The van der Waals surface area contributed by atoms with E-state index in [4.69, 9.17) is 0 Å². The van der Waals surface area contributed by atoms with Crippen LogP contribution in [0.4, 0.5) is 17.1 Å². The van der Waals surface area contributed by atoms with Gasteiger partial charge >= 0.3 is 0 Å². The Hall–Kier alpha value is -8.78. The van der Waals surface area contributed by atoms with Crippen LogP contribution >= 0.6 is 0 Å². The molecule has 12 aromatic carbocycles. The van der Waals surface area contributed by atoms with Crippen molar-refractivity contribution in [1.29, 1.82) is 0 Å². The summed E-state index contributed by atoms with van der Waals surface area (Å²) in [5.41, 5.74) is 17.3. The van der Waals surface area contributed by atoms with Crippen molar-refractivity contribution in [3.05, 3.63) is 295 Å². The summed E-state index contributed by atoms with van der Waals surface area (Å²) in [6.45, 7) is 0. The molecule has 1 nitrogen and oxygen atoms in total. The van der Waals surface area contributed by atoms with Gasteiger partial charge in [0.2, 0.25) is 0 Å². The number of hydrogen-bond acceptors (Lipinski definition) is 1. The minimum atomic E-state index is -0.551. The Morgan fingerprint density at radius 2 is 0.691 bits per heavy atom. The van der Waals surface area contributed by atoms with Crippen LogP contribution in [-0.4, -0.2) is 0 Å². The second-order valence-corrected chi connectivity index (χ2v) is 18.0. The molecule has 0 atom stereocenters. The molecule has 1 aliphatic rings. The average Bonchev–Trinajstić information content (AvgIpc) is 3.73. The average molecular weight is 864 g/mol. The van der Waals surface area contributed by atoms with Crippen molar-refractivity contribution >= 4 is 49.4 Å². The van der Waals surface area contributed by atoms with Crippen LogP contribution < -0.4 is 4.90 Å². The Morgan fingerprint density at radius 1 is 0.250 bits per heavy atom. The Kier molecular flexibility index (Phi) is 9.47. The summed E-state index contributed by atoms with van der Waals surface area (Å²) in [6, 6.07) is 101. The van der Waals surface area contributed by atoms with E-state index in [9.17, 15) is 0 Å². The Balaban J connectivity index is 1.10. The van der Waals surface area contributed by atoms with Crippen LogP contribution in [0, 0.1) is 0 Å². The first-order valence-corrected chi connectivity index (χ1v) is 23.6. The van der Waals surface area contributed by atoms with E-state index in [-0.39, 0.29) is 0 Å². The SMILES string of the molecule is c1ccc(C2(c3ccccc3)c3ccccc3-c3c(N(c4ccc(-c5ccc6ccccc6c5)cc4)c4cc(-c5ccc6ccccc6c5)ccc4-c4ccc5ccccc5c4)cccc32)cc1. The van der Waals surface area contributed by atoms with Gasteiger partial charge in [0.15, 0.2) is 0 Å². The molecule has 13 rings (SSSR count). The van der Waals surface area contributed by atoms with E-state index in [2.05, 4.69) is 278 Å². The van der Waals surface area contributed by atoms with Gasteiger partial charge in [0, 0.05) is 16.8 Å².